The molecular weight excluding hydrogens is 469 g/mol. The maximum absolute atomic E-state index is 14.1. The fraction of sp³-hybridized carbons (Fsp3) is 0.400. The van der Waals surface area contributed by atoms with Gasteiger partial charge in [0.05, 0.1) is 18.9 Å². The highest BCUT2D eigenvalue weighted by atomic mass is 32.2. The lowest BCUT2D eigenvalue weighted by atomic mass is 10.0. The molecule has 4 rings (SSSR count). The van der Waals surface area contributed by atoms with E-state index in [0.717, 1.165) is 67.0 Å². The highest BCUT2D eigenvalue weighted by molar-refractivity contribution is 7.99. The van der Waals surface area contributed by atoms with Crippen molar-refractivity contribution in [2.45, 2.75) is 25.1 Å². The molecule has 0 radical (unpaired) electrons. The third kappa shape index (κ3) is 6.32. The van der Waals surface area contributed by atoms with Gasteiger partial charge >= 0.3 is 0 Å². The molecule has 1 aliphatic heterocycles. The van der Waals surface area contributed by atoms with Gasteiger partial charge in [0.2, 0.25) is 11.8 Å². The number of rotatable bonds is 9. The number of carbonyl (C=O) groups is 1. The molecule has 10 heteroatoms. The monoisotopic (exact) mass is 499 g/mol. The molecular formula is C25H30FN5O3S. The highest BCUT2D eigenvalue weighted by Crippen LogP contribution is 2.29. The maximum Gasteiger partial charge on any atom is 0.277 e. The lowest BCUT2D eigenvalue weighted by Crippen LogP contribution is -2.46. The Morgan fingerprint density at radius 1 is 1.17 bits per heavy atom. The molecule has 1 aromatic heterocycles. The largest absolute Gasteiger partial charge is 0.497 e. The fourth-order valence-electron chi connectivity index (χ4n) is 4.07. The van der Waals surface area contributed by atoms with Crippen LogP contribution in [0.4, 0.5) is 10.1 Å². The van der Waals surface area contributed by atoms with Crippen LogP contribution in [-0.4, -0.2) is 66.6 Å². The molecule has 1 N–H and O–H groups in total. The molecule has 0 aliphatic carbocycles. The number of carbonyl (C=O) groups excluding carboxylic acids is 1. The molecule has 2 heterocycles. The molecule has 0 saturated carbocycles. The summed E-state index contributed by atoms with van der Waals surface area (Å²) in [5.41, 5.74) is 2.50. The van der Waals surface area contributed by atoms with Crippen LogP contribution in [0.25, 0.3) is 11.5 Å². The van der Waals surface area contributed by atoms with E-state index in [1.165, 1.54) is 12.1 Å². The van der Waals surface area contributed by atoms with Crippen molar-refractivity contribution in [1.29, 1.82) is 0 Å². The van der Waals surface area contributed by atoms with Crippen molar-refractivity contribution >= 4 is 23.4 Å². The van der Waals surface area contributed by atoms with Gasteiger partial charge < -0.3 is 24.3 Å². The van der Waals surface area contributed by atoms with Crippen LogP contribution in [0.1, 0.15) is 25.5 Å². The first-order valence-electron chi connectivity index (χ1n) is 11.6. The smallest absolute Gasteiger partial charge is 0.277 e. The second kappa shape index (κ2) is 11.5. The average molecular weight is 500 g/mol. The number of ether oxygens (including phenoxy) is 1. The first-order chi connectivity index (χ1) is 17.0. The van der Waals surface area contributed by atoms with Crippen molar-refractivity contribution < 1.29 is 18.3 Å². The van der Waals surface area contributed by atoms with Crippen LogP contribution in [0.2, 0.25) is 0 Å². The van der Waals surface area contributed by atoms with E-state index < -0.39 is 0 Å². The molecule has 0 spiro atoms. The molecule has 186 valence electrons. The normalized spacial score (nSPS) is 15.1. The van der Waals surface area contributed by atoms with E-state index in [-0.39, 0.29) is 23.5 Å². The molecule has 8 nitrogen and oxygen atoms in total. The minimum Gasteiger partial charge on any atom is -0.497 e. The second-order valence-corrected chi connectivity index (χ2v) is 9.23. The van der Waals surface area contributed by atoms with Gasteiger partial charge in [-0.05, 0) is 55.9 Å². The first kappa shape index (κ1) is 25.0. The topological polar surface area (TPSA) is 83.7 Å². The molecule has 0 unspecified atom stereocenters. The van der Waals surface area contributed by atoms with E-state index in [1.54, 1.807) is 7.11 Å². The highest BCUT2D eigenvalue weighted by Gasteiger charge is 2.22. The zero-order chi connectivity index (χ0) is 24.8. The Kier molecular flexibility index (Phi) is 8.25. The van der Waals surface area contributed by atoms with Gasteiger partial charge in [0.15, 0.2) is 0 Å². The average Bonchev–Trinajstić information content (AvgIpc) is 3.37. The summed E-state index contributed by atoms with van der Waals surface area (Å²) in [6.07, 6.45) is 0. The number of anilines is 1. The zero-order valence-corrected chi connectivity index (χ0v) is 21.0. The van der Waals surface area contributed by atoms with Crippen molar-refractivity contribution in [2.75, 3.05) is 50.5 Å². The van der Waals surface area contributed by atoms with E-state index in [1.807, 2.05) is 37.3 Å². The number of amides is 1. The van der Waals surface area contributed by atoms with Gasteiger partial charge in [0, 0.05) is 43.0 Å². The summed E-state index contributed by atoms with van der Waals surface area (Å²) in [4.78, 5) is 17.3. The number of piperazine rings is 1. The van der Waals surface area contributed by atoms with Crippen LogP contribution >= 0.6 is 11.8 Å². The molecule has 1 saturated heterocycles. The van der Waals surface area contributed by atoms with Crippen molar-refractivity contribution in [3.63, 3.8) is 0 Å². The predicted molar refractivity (Wildman–Crippen MR) is 134 cm³/mol. The Labute approximate surface area is 208 Å². The SMILES string of the molecule is CCN1CCN(c2ccc(F)cc2[C@@H](C)NC(=O)CSc2nnc(-c3ccc(OC)cc3)o2)CC1. The Morgan fingerprint density at radius 3 is 2.60 bits per heavy atom. The van der Waals surface area contributed by atoms with Crippen LogP contribution in [0.5, 0.6) is 5.75 Å². The number of methoxy groups -OCH3 is 1. The Balaban J connectivity index is 1.35. The van der Waals surface area contributed by atoms with Crippen molar-refractivity contribution in [2.24, 2.45) is 0 Å². The van der Waals surface area contributed by atoms with E-state index in [2.05, 4.69) is 32.2 Å². The third-order valence-electron chi connectivity index (χ3n) is 6.06. The van der Waals surface area contributed by atoms with Gasteiger partial charge in [-0.25, -0.2) is 4.39 Å². The molecule has 1 amide bonds. The number of halogens is 1. The predicted octanol–water partition coefficient (Wildman–Crippen LogP) is 4.00. The summed E-state index contributed by atoms with van der Waals surface area (Å²) in [6, 6.07) is 11.7. The second-order valence-electron chi connectivity index (χ2n) is 8.30. The fourth-order valence-corrected chi connectivity index (χ4v) is 4.65. The molecule has 1 atom stereocenters. The number of thioether (sulfide) groups is 1. The lowest BCUT2D eigenvalue weighted by molar-refractivity contribution is -0.119. The summed E-state index contributed by atoms with van der Waals surface area (Å²) < 4.78 is 24.9. The van der Waals surface area contributed by atoms with Gasteiger partial charge in [-0.1, -0.05) is 18.7 Å². The van der Waals surface area contributed by atoms with Gasteiger partial charge in [-0.15, -0.1) is 10.2 Å². The first-order valence-corrected chi connectivity index (χ1v) is 12.6. The van der Waals surface area contributed by atoms with Crippen LogP contribution in [0.3, 0.4) is 0 Å². The number of hydrogen-bond acceptors (Lipinski definition) is 8. The van der Waals surface area contributed by atoms with Gasteiger partial charge in [-0.3, -0.25) is 4.79 Å². The number of likely N-dealkylation sites (N-methyl/N-ethyl adjacent to an activating group) is 1. The number of aromatic nitrogens is 2. The van der Waals surface area contributed by atoms with Crippen molar-refractivity contribution in [1.82, 2.24) is 20.4 Å². The Hall–Kier alpha value is -3.11. The number of benzene rings is 2. The minimum atomic E-state index is -0.351. The molecule has 35 heavy (non-hydrogen) atoms. The summed E-state index contributed by atoms with van der Waals surface area (Å²) in [7, 11) is 1.60. The third-order valence-corrected chi connectivity index (χ3v) is 6.88. The van der Waals surface area contributed by atoms with Crippen LogP contribution in [0, 0.1) is 5.82 Å². The van der Waals surface area contributed by atoms with E-state index in [9.17, 15) is 9.18 Å². The van der Waals surface area contributed by atoms with E-state index in [0.29, 0.717) is 11.1 Å². The molecule has 2 aromatic carbocycles. The Morgan fingerprint density at radius 2 is 1.91 bits per heavy atom. The quantitative estimate of drug-likeness (QED) is 0.443. The summed E-state index contributed by atoms with van der Waals surface area (Å²) in [5, 5.41) is 11.4. The van der Waals surface area contributed by atoms with Crippen LogP contribution in [0.15, 0.2) is 52.1 Å². The standard InChI is InChI=1S/C25H30FN5O3S/c1-4-30-11-13-31(14-12-30)22-10-7-19(26)15-21(22)17(2)27-23(32)16-35-25-29-28-24(34-25)18-5-8-20(33-3)9-6-18/h5-10,15,17H,4,11-14,16H2,1-3H3,(H,27,32)/t17-/m1/s1. The minimum absolute atomic E-state index is 0.106. The van der Waals surface area contributed by atoms with Gasteiger partial charge in [0.1, 0.15) is 11.6 Å². The lowest BCUT2D eigenvalue weighted by Gasteiger charge is -2.37. The maximum atomic E-state index is 14.1. The molecule has 1 fully saturated rings. The van der Waals surface area contributed by atoms with Crippen molar-refractivity contribution in [3.8, 4) is 17.2 Å². The molecule has 3 aromatic rings. The summed E-state index contributed by atoms with van der Waals surface area (Å²) in [6.45, 7) is 8.73. The van der Waals surface area contributed by atoms with Crippen molar-refractivity contribution in [3.05, 3.63) is 53.8 Å². The number of nitrogens with one attached hydrogen (secondary N) is 1. The van der Waals surface area contributed by atoms with Crippen LogP contribution < -0.4 is 15.0 Å². The van der Waals surface area contributed by atoms with Gasteiger partial charge in [-0.2, -0.15) is 0 Å². The Bertz CT molecular complexity index is 1130. The number of nitrogens with zero attached hydrogens (tertiary/aromatic N) is 4. The van der Waals surface area contributed by atoms with Gasteiger partial charge in [0.25, 0.3) is 5.22 Å². The summed E-state index contributed by atoms with van der Waals surface area (Å²) >= 11 is 1.16. The van der Waals surface area contributed by atoms with Crippen LogP contribution in [-0.2, 0) is 4.79 Å². The van der Waals surface area contributed by atoms with E-state index >= 15 is 0 Å². The van der Waals surface area contributed by atoms with E-state index in [4.69, 9.17) is 9.15 Å². The molecule has 0 bridgehead atoms. The zero-order valence-electron chi connectivity index (χ0n) is 20.2. The summed E-state index contributed by atoms with van der Waals surface area (Å²) in [5.74, 6) is 0.699. The number of hydrogen-bond donors (Lipinski definition) is 1. The molecule has 1 aliphatic rings.